The van der Waals surface area contributed by atoms with Gasteiger partial charge < -0.3 is 15.5 Å². The van der Waals surface area contributed by atoms with Gasteiger partial charge in [-0.1, -0.05) is 42.2 Å². The minimum atomic E-state index is -0.186. The Labute approximate surface area is 147 Å². The fourth-order valence-electron chi connectivity index (χ4n) is 2.23. The van der Waals surface area contributed by atoms with E-state index >= 15 is 0 Å². The van der Waals surface area contributed by atoms with Crippen molar-refractivity contribution in [1.82, 2.24) is 10.2 Å². The number of nitrogens with zero attached hydrogens (tertiary/aromatic N) is 3. The van der Waals surface area contributed by atoms with E-state index in [1.807, 2.05) is 18.2 Å². The molecule has 0 atom stereocenters. The van der Waals surface area contributed by atoms with Gasteiger partial charge in [-0.05, 0) is 18.6 Å². The molecule has 1 aliphatic rings. The molecule has 2 N–H and O–H groups in total. The van der Waals surface area contributed by atoms with Crippen molar-refractivity contribution in [2.45, 2.75) is 17.7 Å². The van der Waals surface area contributed by atoms with Crippen molar-refractivity contribution in [1.29, 1.82) is 0 Å². The second-order valence-electron chi connectivity index (χ2n) is 5.13. The summed E-state index contributed by atoms with van der Waals surface area (Å²) in [6.45, 7) is 2.96. The van der Waals surface area contributed by atoms with Crippen molar-refractivity contribution in [2.24, 2.45) is 0 Å². The summed E-state index contributed by atoms with van der Waals surface area (Å²) in [5, 5.41) is 14.8. The Morgan fingerprint density at radius 1 is 1.42 bits per heavy atom. The first-order chi connectivity index (χ1) is 11.7. The van der Waals surface area contributed by atoms with Crippen LogP contribution in [0.5, 0.6) is 0 Å². The van der Waals surface area contributed by atoms with E-state index in [1.165, 1.54) is 28.0 Å². The molecule has 9 heteroatoms. The van der Waals surface area contributed by atoms with Crippen molar-refractivity contribution in [2.75, 3.05) is 34.4 Å². The number of nitrogens with one attached hydrogen (secondary N) is 2. The summed E-state index contributed by atoms with van der Waals surface area (Å²) < 4.78 is 0.733. The van der Waals surface area contributed by atoms with E-state index in [-0.39, 0.29) is 24.1 Å². The molecule has 2 heterocycles. The summed E-state index contributed by atoms with van der Waals surface area (Å²) >= 11 is 2.76. The monoisotopic (exact) mass is 363 g/mol. The van der Waals surface area contributed by atoms with Crippen LogP contribution < -0.4 is 15.5 Å². The summed E-state index contributed by atoms with van der Waals surface area (Å²) in [6.07, 6.45) is 1.01. The maximum Gasteiger partial charge on any atom is 0.244 e. The molecular formula is C15H17N5O2S2. The van der Waals surface area contributed by atoms with E-state index in [9.17, 15) is 9.59 Å². The Kier molecular flexibility index (Phi) is 5.31. The van der Waals surface area contributed by atoms with E-state index in [1.54, 1.807) is 6.07 Å². The van der Waals surface area contributed by atoms with E-state index < -0.39 is 0 Å². The van der Waals surface area contributed by atoms with Crippen LogP contribution in [0.3, 0.4) is 0 Å². The Morgan fingerprint density at radius 2 is 2.25 bits per heavy atom. The van der Waals surface area contributed by atoms with Crippen LogP contribution in [0.2, 0.25) is 0 Å². The molecule has 2 amide bonds. The van der Waals surface area contributed by atoms with Crippen LogP contribution in [-0.4, -0.2) is 40.9 Å². The SMILES string of the molecule is CCCNc1nnc(SCC(=O)N2CC(=O)Nc3ccccc32)s1. The van der Waals surface area contributed by atoms with Crippen molar-refractivity contribution >= 4 is 51.4 Å². The van der Waals surface area contributed by atoms with Crippen LogP contribution in [-0.2, 0) is 9.59 Å². The number of amides is 2. The Balaban J connectivity index is 1.63. The number of aromatic nitrogens is 2. The number of thioether (sulfide) groups is 1. The van der Waals surface area contributed by atoms with Gasteiger partial charge in [-0.15, -0.1) is 10.2 Å². The summed E-state index contributed by atoms with van der Waals surface area (Å²) in [5.41, 5.74) is 1.39. The van der Waals surface area contributed by atoms with Crippen LogP contribution in [0.4, 0.5) is 16.5 Å². The number of rotatable bonds is 6. The Hall–Kier alpha value is -2.13. The summed E-state index contributed by atoms with van der Waals surface area (Å²) in [5.74, 6) is -0.0982. The molecule has 1 aliphatic heterocycles. The molecule has 0 radical (unpaired) electrons. The molecule has 7 nitrogen and oxygen atoms in total. The minimum absolute atomic E-state index is 0.0375. The maximum absolute atomic E-state index is 12.5. The number of fused-ring (bicyclic) bond motifs is 1. The Bertz CT molecular complexity index is 749. The van der Waals surface area contributed by atoms with E-state index in [0.29, 0.717) is 5.69 Å². The van der Waals surface area contributed by atoms with Gasteiger partial charge in [-0.2, -0.15) is 0 Å². The fraction of sp³-hybridized carbons (Fsp3) is 0.333. The molecule has 0 spiro atoms. The molecule has 0 saturated carbocycles. The highest BCUT2D eigenvalue weighted by molar-refractivity contribution is 8.01. The Morgan fingerprint density at radius 3 is 3.08 bits per heavy atom. The lowest BCUT2D eigenvalue weighted by Crippen LogP contribution is -2.43. The predicted molar refractivity (Wildman–Crippen MR) is 96.8 cm³/mol. The van der Waals surface area contributed by atoms with E-state index in [4.69, 9.17) is 0 Å². The average Bonchev–Trinajstić information content (AvgIpc) is 3.05. The zero-order chi connectivity index (χ0) is 16.9. The van der Waals surface area contributed by atoms with Gasteiger partial charge in [0.25, 0.3) is 0 Å². The van der Waals surface area contributed by atoms with Gasteiger partial charge in [-0.3, -0.25) is 9.59 Å². The third kappa shape index (κ3) is 3.85. The molecule has 0 saturated heterocycles. The molecule has 0 unspecified atom stereocenters. The molecule has 2 aromatic rings. The molecule has 0 bridgehead atoms. The first-order valence-electron chi connectivity index (χ1n) is 7.57. The molecule has 1 aromatic carbocycles. The lowest BCUT2D eigenvalue weighted by atomic mass is 10.2. The highest BCUT2D eigenvalue weighted by atomic mass is 32.2. The minimum Gasteiger partial charge on any atom is -0.360 e. The van der Waals surface area contributed by atoms with Gasteiger partial charge in [0.2, 0.25) is 16.9 Å². The van der Waals surface area contributed by atoms with Gasteiger partial charge in [-0.25, -0.2) is 0 Å². The average molecular weight is 363 g/mol. The first kappa shape index (κ1) is 16.7. The first-order valence-corrected chi connectivity index (χ1v) is 9.37. The molecule has 24 heavy (non-hydrogen) atoms. The summed E-state index contributed by atoms with van der Waals surface area (Å²) in [6, 6.07) is 7.29. The van der Waals surface area contributed by atoms with Crippen LogP contribution in [0, 0.1) is 0 Å². The van der Waals surface area contributed by atoms with Gasteiger partial charge in [0.1, 0.15) is 6.54 Å². The number of carbonyl (C=O) groups excluding carboxylic acids is 2. The highest BCUT2D eigenvalue weighted by Crippen LogP contribution is 2.31. The molecule has 0 fully saturated rings. The molecule has 1 aromatic heterocycles. The molecule has 3 rings (SSSR count). The van der Waals surface area contributed by atoms with Crippen molar-refractivity contribution in [3.05, 3.63) is 24.3 Å². The third-order valence-electron chi connectivity index (χ3n) is 3.32. The number of hydrogen-bond donors (Lipinski definition) is 2. The number of carbonyl (C=O) groups is 2. The van der Waals surface area contributed by atoms with Crippen molar-refractivity contribution < 1.29 is 9.59 Å². The zero-order valence-electron chi connectivity index (χ0n) is 13.1. The summed E-state index contributed by atoms with van der Waals surface area (Å²) in [7, 11) is 0. The summed E-state index contributed by atoms with van der Waals surface area (Å²) in [4.78, 5) is 25.8. The topological polar surface area (TPSA) is 87.2 Å². The van der Waals surface area contributed by atoms with Crippen molar-refractivity contribution in [3.8, 4) is 0 Å². The quantitative estimate of drug-likeness (QED) is 0.767. The second kappa shape index (κ2) is 7.63. The van der Waals surface area contributed by atoms with Crippen LogP contribution in [0.25, 0.3) is 0 Å². The highest BCUT2D eigenvalue weighted by Gasteiger charge is 2.26. The number of benzene rings is 1. The van der Waals surface area contributed by atoms with Gasteiger partial charge in [0.05, 0.1) is 17.1 Å². The normalized spacial score (nSPS) is 13.4. The van der Waals surface area contributed by atoms with Gasteiger partial charge in [0, 0.05) is 6.54 Å². The molecule has 0 aliphatic carbocycles. The van der Waals surface area contributed by atoms with E-state index in [2.05, 4.69) is 27.8 Å². The fourth-order valence-corrected chi connectivity index (χ4v) is 3.88. The molecular weight excluding hydrogens is 346 g/mol. The second-order valence-corrected chi connectivity index (χ2v) is 7.33. The molecule has 126 valence electrons. The van der Waals surface area contributed by atoms with E-state index in [0.717, 1.165) is 28.1 Å². The number of hydrogen-bond acceptors (Lipinski definition) is 7. The standard InChI is InChI=1S/C15H17N5O2S2/c1-2-7-16-14-18-19-15(24-14)23-9-13(22)20-8-12(21)17-10-5-3-4-6-11(10)20/h3-6H,2,7-9H2,1H3,(H,16,18)(H,17,21). The van der Waals surface area contributed by atoms with Gasteiger partial charge >= 0.3 is 0 Å². The van der Waals surface area contributed by atoms with Crippen LogP contribution >= 0.6 is 23.1 Å². The predicted octanol–water partition coefficient (Wildman–Crippen LogP) is 2.44. The van der Waals surface area contributed by atoms with Crippen LogP contribution in [0.1, 0.15) is 13.3 Å². The lowest BCUT2D eigenvalue weighted by molar-refractivity contribution is -0.120. The maximum atomic E-state index is 12.5. The lowest BCUT2D eigenvalue weighted by Gasteiger charge is -2.28. The van der Waals surface area contributed by atoms with Gasteiger partial charge in [0.15, 0.2) is 4.34 Å². The smallest absolute Gasteiger partial charge is 0.244 e. The largest absolute Gasteiger partial charge is 0.360 e. The third-order valence-corrected chi connectivity index (χ3v) is 5.32. The number of para-hydroxylation sites is 2. The zero-order valence-corrected chi connectivity index (χ0v) is 14.7. The number of anilines is 3. The van der Waals surface area contributed by atoms with Crippen LogP contribution in [0.15, 0.2) is 28.6 Å². The van der Waals surface area contributed by atoms with Crippen molar-refractivity contribution in [3.63, 3.8) is 0 Å².